The minimum atomic E-state index is -1.85. The van der Waals surface area contributed by atoms with Crippen LogP contribution >= 0.6 is 8.03 Å². The molecule has 3 atom stereocenters. The van der Waals surface area contributed by atoms with Crippen LogP contribution in [0.3, 0.4) is 0 Å². The van der Waals surface area contributed by atoms with E-state index in [1.165, 1.54) is 51.4 Å². The van der Waals surface area contributed by atoms with Crippen LogP contribution in [0.4, 0.5) is 0 Å². The fraction of sp³-hybridized carbons (Fsp3) is 1.00. The van der Waals surface area contributed by atoms with Gasteiger partial charge in [0, 0.05) is 46.5 Å². The van der Waals surface area contributed by atoms with Crippen LogP contribution in [0.25, 0.3) is 0 Å². The number of rotatable bonds is 13. The second-order valence-electron chi connectivity index (χ2n) is 5.85. The van der Waals surface area contributed by atoms with E-state index in [0.717, 1.165) is 12.8 Å². The molecule has 0 bridgehead atoms. The van der Waals surface area contributed by atoms with Gasteiger partial charge in [0.05, 0.1) is 6.10 Å². The number of hydrogen-bond donors (Lipinski definition) is 0. The minimum absolute atomic E-state index is 0. The summed E-state index contributed by atoms with van der Waals surface area (Å²) in [5, 5.41) is 0. The summed E-state index contributed by atoms with van der Waals surface area (Å²) in [6.45, 7) is 8.59. The van der Waals surface area contributed by atoms with Crippen molar-refractivity contribution < 1.29 is 49.9 Å². The summed E-state index contributed by atoms with van der Waals surface area (Å²) in [4.78, 5) is 0. The van der Waals surface area contributed by atoms with Gasteiger partial charge in [-0.15, -0.1) is 0 Å². The zero-order valence-electron chi connectivity index (χ0n) is 14.0. The Hall–Kier alpha value is 1.54. The van der Waals surface area contributed by atoms with E-state index in [1.54, 1.807) is 0 Å². The van der Waals surface area contributed by atoms with Gasteiger partial charge in [-0.05, 0) is 19.8 Å². The van der Waals surface area contributed by atoms with Gasteiger partial charge < -0.3 is 4.52 Å². The molecule has 0 aromatic rings. The van der Waals surface area contributed by atoms with E-state index in [-0.39, 0.29) is 52.6 Å². The van der Waals surface area contributed by atoms with Gasteiger partial charge in [0.25, 0.3) is 0 Å². The van der Waals surface area contributed by atoms with Gasteiger partial charge in [0.2, 0.25) is 0 Å². The molecular weight excluding hydrogens is 399 g/mol. The molecule has 4 heteroatoms. The quantitative estimate of drug-likeness (QED) is 0.255. The van der Waals surface area contributed by atoms with Crippen molar-refractivity contribution in [3.05, 3.63) is 0 Å². The van der Waals surface area contributed by atoms with Gasteiger partial charge in [-0.1, -0.05) is 72.1 Å². The molecule has 0 aliphatic heterocycles. The SMILES string of the molecule is CCCCCCC(C)O[PH](=O)C(C)CCCCCC.[Nd]. The molecule has 0 radical (unpaired) electrons. The van der Waals surface area contributed by atoms with E-state index in [9.17, 15) is 4.57 Å². The summed E-state index contributed by atoms with van der Waals surface area (Å²) in [5.74, 6) is 0. The summed E-state index contributed by atoms with van der Waals surface area (Å²) in [5.41, 5.74) is 0.250. The first-order valence-electron chi connectivity index (χ1n) is 8.32. The van der Waals surface area contributed by atoms with Crippen LogP contribution in [0.1, 0.15) is 91.9 Å². The number of unbranched alkanes of at least 4 members (excludes halogenated alkanes) is 6. The molecule has 0 saturated carbocycles. The summed E-state index contributed by atoms with van der Waals surface area (Å²) < 4.78 is 17.8. The largest absolute Gasteiger partial charge is 0.327 e. The first-order chi connectivity index (χ1) is 9.11. The molecule has 0 saturated heterocycles. The molecule has 0 spiro atoms. The molecule has 0 N–H and O–H groups in total. The second kappa shape index (κ2) is 16.9. The maximum Gasteiger partial charge on any atom is 0.194 e. The van der Waals surface area contributed by atoms with Crippen molar-refractivity contribution in [3.63, 3.8) is 0 Å². The van der Waals surface area contributed by atoms with Crippen LogP contribution in [0.5, 0.6) is 0 Å². The van der Waals surface area contributed by atoms with E-state index in [4.69, 9.17) is 4.52 Å². The summed E-state index contributed by atoms with van der Waals surface area (Å²) in [6.07, 6.45) is 12.3. The van der Waals surface area contributed by atoms with Crippen LogP contribution in [0, 0.1) is 40.8 Å². The van der Waals surface area contributed by atoms with Crippen molar-refractivity contribution in [2.75, 3.05) is 0 Å². The molecule has 0 heterocycles. The Labute approximate surface area is 160 Å². The monoisotopic (exact) mass is 432 g/mol. The third-order valence-corrected chi connectivity index (χ3v) is 5.40. The Balaban J connectivity index is 0. The standard InChI is InChI=1S/C16H35O2P.Nd/c1-5-7-9-11-13-15(3)18-19(17)16(4)14-12-10-8-6-2;/h15-16,19H,5-14H2,1-4H3;. The maximum atomic E-state index is 12.1. The molecule has 0 amide bonds. The predicted molar refractivity (Wildman–Crippen MR) is 86.5 cm³/mol. The maximum absolute atomic E-state index is 12.1. The Morgan fingerprint density at radius 1 is 0.850 bits per heavy atom. The smallest absolute Gasteiger partial charge is 0.194 e. The van der Waals surface area contributed by atoms with Gasteiger partial charge in [-0.3, -0.25) is 4.57 Å². The molecule has 2 nitrogen and oxygen atoms in total. The Morgan fingerprint density at radius 2 is 1.35 bits per heavy atom. The number of hydrogen-bond acceptors (Lipinski definition) is 2. The molecule has 0 aliphatic carbocycles. The molecular formula is C16H35NdO2P. The van der Waals surface area contributed by atoms with Crippen LogP contribution in [0.2, 0.25) is 0 Å². The summed E-state index contributed by atoms with van der Waals surface area (Å²) in [7, 11) is -1.85. The van der Waals surface area contributed by atoms with Gasteiger partial charge in [-0.2, -0.15) is 0 Å². The van der Waals surface area contributed by atoms with E-state index in [2.05, 4.69) is 27.7 Å². The normalized spacial score (nSPS) is 15.4. The van der Waals surface area contributed by atoms with Crippen LogP contribution in [0.15, 0.2) is 0 Å². The Kier molecular flexibility index (Phi) is 20.1. The van der Waals surface area contributed by atoms with Crippen molar-refractivity contribution in [1.29, 1.82) is 0 Å². The van der Waals surface area contributed by atoms with E-state index in [1.807, 2.05) is 0 Å². The topological polar surface area (TPSA) is 26.3 Å². The first kappa shape index (κ1) is 23.8. The zero-order valence-corrected chi connectivity index (χ0v) is 18.3. The molecule has 120 valence electrons. The van der Waals surface area contributed by atoms with Crippen LogP contribution in [-0.4, -0.2) is 11.8 Å². The Morgan fingerprint density at radius 3 is 1.85 bits per heavy atom. The molecule has 0 fully saturated rings. The minimum Gasteiger partial charge on any atom is -0.327 e. The van der Waals surface area contributed by atoms with Crippen LogP contribution in [-0.2, 0) is 9.09 Å². The molecule has 0 aromatic carbocycles. The van der Waals surface area contributed by atoms with E-state index < -0.39 is 8.03 Å². The fourth-order valence-electron chi connectivity index (χ4n) is 2.23. The van der Waals surface area contributed by atoms with Gasteiger partial charge in [0.15, 0.2) is 8.03 Å². The van der Waals surface area contributed by atoms with Crippen molar-refractivity contribution >= 4 is 8.03 Å². The predicted octanol–water partition coefficient (Wildman–Crippen LogP) is 6.20. The average molecular weight is 435 g/mol. The summed E-state index contributed by atoms with van der Waals surface area (Å²) in [6, 6.07) is 0. The third kappa shape index (κ3) is 14.5. The molecule has 20 heavy (non-hydrogen) atoms. The van der Waals surface area contributed by atoms with Crippen molar-refractivity contribution in [2.45, 2.75) is 104 Å². The zero-order chi connectivity index (χ0) is 14.5. The fourth-order valence-corrected chi connectivity index (χ4v) is 3.41. The average Bonchev–Trinajstić information content (AvgIpc) is 2.39. The van der Waals surface area contributed by atoms with Gasteiger partial charge >= 0.3 is 0 Å². The molecule has 0 aromatic heterocycles. The van der Waals surface area contributed by atoms with Crippen molar-refractivity contribution in [2.24, 2.45) is 0 Å². The third-order valence-electron chi connectivity index (χ3n) is 3.67. The molecule has 3 unspecified atom stereocenters. The van der Waals surface area contributed by atoms with E-state index in [0.29, 0.717) is 0 Å². The van der Waals surface area contributed by atoms with Crippen LogP contribution < -0.4 is 0 Å². The Bertz CT molecular complexity index is 225. The summed E-state index contributed by atoms with van der Waals surface area (Å²) >= 11 is 0. The molecule has 0 aliphatic rings. The van der Waals surface area contributed by atoms with Crippen molar-refractivity contribution in [3.8, 4) is 0 Å². The molecule has 0 rings (SSSR count). The van der Waals surface area contributed by atoms with Crippen molar-refractivity contribution in [1.82, 2.24) is 0 Å². The van der Waals surface area contributed by atoms with E-state index >= 15 is 0 Å². The second-order valence-corrected chi connectivity index (χ2v) is 7.71. The first-order valence-corrected chi connectivity index (χ1v) is 9.71. The van der Waals surface area contributed by atoms with Gasteiger partial charge in [-0.25, -0.2) is 0 Å². The van der Waals surface area contributed by atoms with Gasteiger partial charge in [0.1, 0.15) is 0 Å².